The number of nitrogens with one attached hydrogen (secondary N) is 2. The Morgan fingerprint density at radius 2 is 1.93 bits per heavy atom. The lowest BCUT2D eigenvalue weighted by Crippen LogP contribution is -2.38. The van der Waals surface area contributed by atoms with Gasteiger partial charge in [-0.2, -0.15) is 0 Å². The minimum absolute atomic E-state index is 0. The molecular formula is C20H30IN3O3. The topological polar surface area (TPSA) is 68.0 Å². The van der Waals surface area contributed by atoms with Crippen molar-refractivity contribution in [3.05, 3.63) is 46.9 Å². The van der Waals surface area contributed by atoms with Crippen LogP contribution in [0.4, 0.5) is 0 Å². The Labute approximate surface area is 178 Å². The van der Waals surface area contributed by atoms with E-state index in [9.17, 15) is 0 Å². The molecule has 0 bridgehead atoms. The molecule has 2 rings (SSSR count). The molecule has 0 amide bonds. The van der Waals surface area contributed by atoms with Crippen molar-refractivity contribution in [1.82, 2.24) is 10.6 Å². The first-order valence-corrected chi connectivity index (χ1v) is 8.81. The minimum atomic E-state index is -0.00923. The molecule has 0 saturated heterocycles. The molecule has 7 heteroatoms. The fourth-order valence-corrected chi connectivity index (χ4v) is 2.79. The molecule has 0 aliphatic heterocycles. The van der Waals surface area contributed by atoms with Crippen LogP contribution < -0.4 is 20.1 Å². The van der Waals surface area contributed by atoms with Gasteiger partial charge in [0.15, 0.2) is 5.96 Å². The zero-order valence-electron chi connectivity index (χ0n) is 16.9. The lowest BCUT2D eigenvalue weighted by atomic mass is 10.1. The SMILES string of the molecule is CCNC(=NCc1cc(C)oc1C)NC(C)c1cc(OC)ccc1OC.I. The fourth-order valence-electron chi connectivity index (χ4n) is 2.79. The fraction of sp³-hybridized carbons (Fsp3) is 0.450. The predicted molar refractivity (Wildman–Crippen MR) is 120 cm³/mol. The largest absolute Gasteiger partial charge is 0.497 e. The van der Waals surface area contributed by atoms with Gasteiger partial charge >= 0.3 is 0 Å². The lowest BCUT2D eigenvalue weighted by Gasteiger charge is -2.20. The number of benzene rings is 1. The van der Waals surface area contributed by atoms with Gasteiger partial charge in [-0.15, -0.1) is 24.0 Å². The van der Waals surface area contributed by atoms with Crippen molar-refractivity contribution in [2.45, 2.75) is 40.3 Å². The summed E-state index contributed by atoms with van der Waals surface area (Å²) in [5.74, 6) is 4.15. The molecule has 1 heterocycles. The molecule has 1 unspecified atom stereocenters. The highest BCUT2D eigenvalue weighted by molar-refractivity contribution is 14.0. The Morgan fingerprint density at radius 3 is 2.48 bits per heavy atom. The monoisotopic (exact) mass is 487 g/mol. The second kappa shape index (κ2) is 11.1. The Hall–Kier alpha value is -1.90. The quantitative estimate of drug-likeness (QED) is 0.346. The average molecular weight is 487 g/mol. The molecule has 2 N–H and O–H groups in total. The van der Waals surface area contributed by atoms with Crippen LogP contribution in [0.25, 0.3) is 0 Å². The van der Waals surface area contributed by atoms with Crippen molar-refractivity contribution in [1.29, 1.82) is 0 Å². The molecule has 1 aromatic carbocycles. The van der Waals surface area contributed by atoms with Crippen molar-refractivity contribution >= 4 is 29.9 Å². The summed E-state index contributed by atoms with van der Waals surface area (Å²) in [6, 6.07) is 7.79. The maximum Gasteiger partial charge on any atom is 0.192 e. The second-order valence-corrected chi connectivity index (χ2v) is 6.11. The number of halogens is 1. The van der Waals surface area contributed by atoms with Crippen molar-refractivity contribution < 1.29 is 13.9 Å². The molecule has 0 aliphatic carbocycles. The van der Waals surface area contributed by atoms with Crippen LogP contribution in [0.15, 0.2) is 33.7 Å². The molecule has 0 radical (unpaired) electrons. The van der Waals surface area contributed by atoms with E-state index in [2.05, 4.69) is 22.5 Å². The molecule has 1 atom stereocenters. The van der Waals surface area contributed by atoms with Gasteiger partial charge in [0.25, 0.3) is 0 Å². The van der Waals surface area contributed by atoms with E-state index >= 15 is 0 Å². The van der Waals surface area contributed by atoms with E-state index in [1.54, 1.807) is 14.2 Å². The highest BCUT2D eigenvalue weighted by Gasteiger charge is 2.14. The number of rotatable bonds is 7. The summed E-state index contributed by atoms with van der Waals surface area (Å²) in [5, 5.41) is 6.71. The molecule has 0 fully saturated rings. The van der Waals surface area contributed by atoms with Crippen LogP contribution in [0.5, 0.6) is 11.5 Å². The van der Waals surface area contributed by atoms with Gasteiger partial charge in [-0.1, -0.05) is 0 Å². The highest BCUT2D eigenvalue weighted by Crippen LogP contribution is 2.29. The number of aryl methyl sites for hydroxylation is 2. The summed E-state index contributed by atoms with van der Waals surface area (Å²) in [7, 11) is 3.33. The molecule has 1 aromatic heterocycles. The van der Waals surface area contributed by atoms with Gasteiger partial charge in [-0.3, -0.25) is 0 Å². The summed E-state index contributed by atoms with van der Waals surface area (Å²) < 4.78 is 16.4. The van der Waals surface area contributed by atoms with Crippen LogP contribution in [0.3, 0.4) is 0 Å². The maximum atomic E-state index is 5.57. The van der Waals surface area contributed by atoms with E-state index in [0.717, 1.165) is 46.7 Å². The van der Waals surface area contributed by atoms with E-state index in [-0.39, 0.29) is 30.0 Å². The Bertz CT molecular complexity index is 759. The third kappa shape index (κ3) is 6.34. The number of hydrogen-bond donors (Lipinski definition) is 2. The average Bonchev–Trinajstić information content (AvgIpc) is 2.96. The van der Waals surface area contributed by atoms with Gasteiger partial charge < -0.3 is 24.5 Å². The van der Waals surface area contributed by atoms with Gasteiger partial charge in [0.05, 0.1) is 26.8 Å². The number of furan rings is 1. The van der Waals surface area contributed by atoms with Crippen molar-refractivity contribution in [3.63, 3.8) is 0 Å². The maximum absolute atomic E-state index is 5.57. The lowest BCUT2D eigenvalue weighted by molar-refractivity contribution is 0.394. The molecule has 150 valence electrons. The molecule has 0 saturated carbocycles. The number of aliphatic imine (C=N–C) groups is 1. The summed E-state index contributed by atoms with van der Waals surface area (Å²) in [6.45, 7) is 9.35. The molecule has 0 aliphatic rings. The number of ether oxygens (including phenoxy) is 2. The Balaban J connectivity index is 0.00000364. The first kappa shape index (κ1) is 23.1. The van der Waals surface area contributed by atoms with Crippen molar-refractivity contribution in [2.75, 3.05) is 20.8 Å². The van der Waals surface area contributed by atoms with Crippen molar-refractivity contribution in [3.8, 4) is 11.5 Å². The van der Waals surface area contributed by atoms with Gasteiger partial charge in [-0.25, -0.2) is 4.99 Å². The van der Waals surface area contributed by atoms with Gasteiger partial charge in [0, 0.05) is 17.7 Å². The van der Waals surface area contributed by atoms with E-state index in [1.807, 2.05) is 45.0 Å². The van der Waals surface area contributed by atoms with E-state index in [4.69, 9.17) is 13.9 Å². The molecule has 0 spiro atoms. The number of nitrogens with zero attached hydrogens (tertiary/aromatic N) is 1. The zero-order chi connectivity index (χ0) is 19.1. The second-order valence-electron chi connectivity index (χ2n) is 6.11. The van der Waals surface area contributed by atoms with Crippen LogP contribution in [-0.4, -0.2) is 26.7 Å². The Morgan fingerprint density at radius 1 is 1.19 bits per heavy atom. The molecule has 27 heavy (non-hydrogen) atoms. The van der Waals surface area contributed by atoms with Crippen molar-refractivity contribution in [2.24, 2.45) is 4.99 Å². The van der Waals surface area contributed by atoms with Crippen LogP contribution in [0, 0.1) is 13.8 Å². The molecule has 2 aromatic rings. The summed E-state index contributed by atoms with van der Waals surface area (Å²) >= 11 is 0. The van der Waals surface area contributed by atoms with Crippen LogP contribution >= 0.6 is 24.0 Å². The predicted octanol–water partition coefficient (Wildman–Crippen LogP) is 4.35. The summed E-state index contributed by atoms with van der Waals surface area (Å²) in [5.41, 5.74) is 2.10. The normalized spacial score (nSPS) is 12.1. The number of guanidine groups is 1. The van der Waals surface area contributed by atoms with E-state index in [1.165, 1.54) is 0 Å². The van der Waals surface area contributed by atoms with E-state index in [0.29, 0.717) is 6.54 Å². The standard InChI is InChI=1S/C20H29N3O3.HI/c1-7-21-20(22-12-16-10-13(2)26-15(16)4)23-14(3)18-11-17(24-5)8-9-19(18)25-6;/h8-11,14H,7,12H2,1-6H3,(H2,21,22,23);1H. The highest BCUT2D eigenvalue weighted by atomic mass is 127. The smallest absolute Gasteiger partial charge is 0.192 e. The van der Waals surface area contributed by atoms with Crippen LogP contribution in [0.2, 0.25) is 0 Å². The first-order valence-electron chi connectivity index (χ1n) is 8.81. The third-order valence-electron chi connectivity index (χ3n) is 4.15. The number of hydrogen-bond acceptors (Lipinski definition) is 4. The minimum Gasteiger partial charge on any atom is -0.497 e. The summed E-state index contributed by atoms with van der Waals surface area (Å²) in [6.07, 6.45) is 0. The molecule has 6 nitrogen and oxygen atoms in total. The number of methoxy groups -OCH3 is 2. The van der Waals surface area contributed by atoms with Crippen LogP contribution in [0.1, 0.15) is 42.5 Å². The Kier molecular flexibility index (Phi) is 9.48. The van der Waals surface area contributed by atoms with E-state index < -0.39 is 0 Å². The van der Waals surface area contributed by atoms with Gasteiger partial charge in [-0.05, 0) is 52.0 Å². The van der Waals surface area contributed by atoms with Gasteiger partial charge in [0.2, 0.25) is 0 Å². The van der Waals surface area contributed by atoms with Gasteiger partial charge in [0.1, 0.15) is 23.0 Å². The first-order chi connectivity index (χ1) is 12.5. The third-order valence-corrected chi connectivity index (χ3v) is 4.15. The zero-order valence-corrected chi connectivity index (χ0v) is 19.2. The molecular weight excluding hydrogens is 457 g/mol. The van der Waals surface area contributed by atoms with Crippen LogP contribution in [-0.2, 0) is 6.54 Å². The summed E-state index contributed by atoms with van der Waals surface area (Å²) in [4.78, 5) is 4.68.